The van der Waals surface area contributed by atoms with Crippen molar-refractivity contribution >= 4 is 17.5 Å². The molecule has 2 heterocycles. The van der Waals surface area contributed by atoms with Crippen LogP contribution in [0.1, 0.15) is 28.2 Å². The Morgan fingerprint density at radius 1 is 1.41 bits per heavy atom. The third kappa shape index (κ3) is 3.81. The fourth-order valence-corrected chi connectivity index (χ4v) is 3.31. The Hall–Kier alpha value is -1.53. The molecule has 0 aliphatic carbocycles. The van der Waals surface area contributed by atoms with Gasteiger partial charge in [-0.1, -0.05) is 11.8 Å². The lowest BCUT2D eigenvalue weighted by Crippen LogP contribution is -2.08. The number of ketones is 1. The molecule has 0 N–H and O–H groups in total. The fourth-order valence-electron chi connectivity index (χ4n) is 2.49. The molecule has 0 aromatic carbocycles. The first-order valence-corrected chi connectivity index (χ1v) is 8.32. The van der Waals surface area contributed by atoms with Gasteiger partial charge in [0.15, 0.2) is 10.9 Å². The maximum atomic E-state index is 12.5. The number of carbonyl (C=O) groups is 1. The van der Waals surface area contributed by atoms with Crippen LogP contribution < -0.4 is 0 Å². The minimum atomic E-state index is 0.152. The molecule has 2 rings (SSSR count). The molecule has 0 bridgehead atoms. The van der Waals surface area contributed by atoms with Crippen LogP contribution in [0.25, 0.3) is 0 Å². The van der Waals surface area contributed by atoms with Gasteiger partial charge in [-0.15, -0.1) is 0 Å². The molecule has 0 amide bonds. The summed E-state index contributed by atoms with van der Waals surface area (Å²) in [5.74, 6) is 0.562. The van der Waals surface area contributed by atoms with E-state index in [1.807, 2.05) is 37.7 Å². The Labute approximate surface area is 135 Å². The molecular formula is C16H23N3O2S. The molecule has 22 heavy (non-hydrogen) atoms. The molecule has 0 fully saturated rings. The Morgan fingerprint density at radius 2 is 2.18 bits per heavy atom. The molecule has 0 aliphatic rings. The minimum Gasteiger partial charge on any atom is -0.385 e. The van der Waals surface area contributed by atoms with Crippen molar-refractivity contribution in [2.24, 2.45) is 7.05 Å². The predicted molar refractivity (Wildman–Crippen MR) is 88.7 cm³/mol. The first-order valence-electron chi connectivity index (χ1n) is 7.33. The largest absolute Gasteiger partial charge is 0.385 e. The van der Waals surface area contributed by atoms with Crippen LogP contribution in [-0.4, -0.2) is 39.4 Å². The van der Waals surface area contributed by atoms with Gasteiger partial charge in [0.1, 0.15) is 0 Å². The van der Waals surface area contributed by atoms with E-state index >= 15 is 0 Å². The summed E-state index contributed by atoms with van der Waals surface area (Å²) in [4.78, 5) is 16.7. The molecule has 2 aromatic heterocycles. The van der Waals surface area contributed by atoms with Crippen LogP contribution >= 0.6 is 11.8 Å². The zero-order chi connectivity index (χ0) is 16.1. The van der Waals surface area contributed by atoms with Crippen molar-refractivity contribution < 1.29 is 9.53 Å². The highest BCUT2D eigenvalue weighted by molar-refractivity contribution is 7.99. The fraction of sp³-hybridized carbons (Fsp3) is 0.500. The van der Waals surface area contributed by atoms with E-state index < -0.39 is 0 Å². The lowest BCUT2D eigenvalue weighted by Gasteiger charge is -2.09. The number of aryl methyl sites for hydroxylation is 2. The topological polar surface area (TPSA) is 49.1 Å². The number of methoxy groups -OCH3 is 1. The summed E-state index contributed by atoms with van der Waals surface area (Å²) >= 11 is 1.48. The quantitative estimate of drug-likeness (QED) is 0.426. The highest BCUT2D eigenvalue weighted by atomic mass is 32.2. The van der Waals surface area contributed by atoms with Crippen molar-refractivity contribution in [2.75, 3.05) is 19.5 Å². The summed E-state index contributed by atoms with van der Waals surface area (Å²) in [6.45, 7) is 5.67. The summed E-state index contributed by atoms with van der Waals surface area (Å²) < 4.78 is 9.21. The van der Waals surface area contributed by atoms with Crippen LogP contribution in [0, 0.1) is 13.8 Å². The first kappa shape index (κ1) is 16.8. The minimum absolute atomic E-state index is 0.152. The molecule has 0 spiro atoms. The van der Waals surface area contributed by atoms with Crippen molar-refractivity contribution in [2.45, 2.75) is 32.0 Å². The molecule has 6 heteroatoms. The summed E-state index contributed by atoms with van der Waals surface area (Å²) in [6.07, 6.45) is 4.57. The maximum Gasteiger partial charge on any atom is 0.175 e. The van der Waals surface area contributed by atoms with Gasteiger partial charge in [-0.05, 0) is 26.3 Å². The first-order chi connectivity index (χ1) is 10.5. The van der Waals surface area contributed by atoms with Crippen molar-refractivity contribution in [3.05, 3.63) is 35.4 Å². The third-order valence-electron chi connectivity index (χ3n) is 3.71. The standard InChI is InChI=1S/C16H23N3O2S/c1-12-10-14(13(2)19(12)7-5-9-21-4)15(20)11-22-16-17-6-8-18(16)3/h6,8,10H,5,7,9,11H2,1-4H3. The number of hydrogen-bond donors (Lipinski definition) is 0. The Morgan fingerprint density at radius 3 is 2.82 bits per heavy atom. The van der Waals surface area contributed by atoms with E-state index in [1.54, 1.807) is 13.3 Å². The summed E-state index contributed by atoms with van der Waals surface area (Å²) in [5, 5.41) is 0.863. The zero-order valence-electron chi connectivity index (χ0n) is 13.6. The second kappa shape index (κ2) is 7.65. The van der Waals surface area contributed by atoms with E-state index in [2.05, 4.69) is 9.55 Å². The molecule has 0 saturated heterocycles. The van der Waals surface area contributed by atoms with E-state index in [4.69, 9.17) is 4.74 Å². The summed E-state index contributed by atoms with van der Waals surface area (Å²) in [7, 11) is 3.64. The van der Waals surface area contributed by atoms with Gasteiger partial charge in [0.25, 0.3) is 0 Å². The lowest BCUT2D eigenvalue weighted by atomic mass is 10.2. The van der Waals surface area contributed by atoms with Crippen LogP contribution in [0.5, 0.6) is 0 Å². The number of aromatic nitrogens is 3. The van der Waals surface area contributed by atoms with Crippen molar-refractivity contribution in [3.8, 4) is 0 Å². The number of thioether (sulfide) groups is 1. The normalized spacial score (nSPS) is 11.1. The number of ether oxygens (including phenoxy) is 1. The van der Waals surface area contributed by atoms with Crippen LogP contribution in [0.15, 0.2) is 23.6 Å². The number of nitrogens with zero attached hydrogens (tertiary/aromatic N) is 3. The molecule has 2 aromatic rings. The molecule has 0 unspecified atom stereocenters. The Kier molecular flexibility index (Phi) is 5.85. The average molecular weight is 321 g/mol. The smallest absolute Gasteiger partial charge is 0.175 e. The van der Waals surface area contributed by atoms with E-state index in [1.165, 1.54) is 11.8 Å². The molecule has 0 radical (unpaired) electrons. The summed E-state index contributed by atoms with van der Waals surface area (Å²) in [6, 6.07) is 1.99. The van der Waals surface area contributed by atoms with Gasteiger partial charge in [-0.2, -0.15) is 0 Å². The van der Waals surface area contributed by atoms with Crippen LogP contribution in [-0.2, 0) is 18.3 Å². The van der Waals surface area contributed by atoms with Gasteiger partial charge in [0, 0.05) is 56.7 Å². The maximum absolute atomic E-state index is 12.5. The van der Waals surface area contributed by atoms with E-state index in [9.17, 15) is 4.79 Å². The Bertz CT molecular complexity index is 646. The van der Waals surface area contributed by atoms with Gasteiger partial charge in [0.2, 0.25) is 0 Å². The lowest BCUT2D eigenvalue weighted by molar-refractivity contribution is 0.102. The molecule has 0 atom stereocenters. The molecular weight excluding hydrogens is 298 g/mol. The van der Waals surface area contributed by atoms with E-state index in [0.717, 1.165) is 41.7 Å². The SMILES string of the molecule is COCCCn1c(C)cc(C(=O)CSc2nccn2C)c1C. The average Bonchev–Trinajstić information content (AvgIpc) is 3.02. The van der Waals surface area contributed by atoms with Crippen LogP contribution in [0.2, 0.25) is 0 Å². The number of imidazole rings is 1. The number of Topliss-reactive ketones (excluding diaryl/α,β-unsaturated/α-hetero) is 1. The third-order valence-corrected chi connectivity index (χ3v) is 4.77. The number of hydrogen-bond acceptors (Lipinski definition) is 4. The van der Waals surface area contributed by atoms with Crippen molar-refractivity contribution in [1.82, 2.24) is 14.1 Å². The highest BCUT2D eigenvalue weighted by Crippen LogP contribution is 2.21. The molecule has 120 valence electrons. The second-order valence-corrected chi connectivity index (χ2v) is 6.26. The molecule has 0 saturated carbocycles. The van der Waals surface area contributed by atoms with Gasteiger partial charge >= 0.3 is 0 Å². The van der Waals surface area contributed by atoms with Crippen LogP contribution in [0.3, 0.4) is 0 Å². The van der Waals surface area contributed by atoms with Crippen molar-refractivity contribution in [3.63, 3.8) is 0 Å². The summed E-state index contributed by atoms with van der Waals surface area (Å²) in [5.41, 5.74) is 2.98. The second-order valence-electron chi connectivity index (χ2n) is 5.32. The van der Waals surface area contributed by atoms with Gasteiger partial charge in [-0.3, -0.25) is 4.79 Å². The van der Waals surface area contributed by atoms with E-state index in [-0.39, 0.29) is 5.78 Å². The van der Waals surface area contributed by atoms with Gasteiger partial charge in [-0.25, -0.2) is 4.98 Å². The molecule has 0 aliphatic heterocycles. The predicted octanol–water partition coefficient (Wildman–Crippen LogP) is 2.85. The van der Waals surface area contributed by atoms with E-state index in [0.29, 0.717) is 5.75 Å². The van der Waals surface area contributed by atoms with Crippen molar-refractivity contribution in [1.29, 1.82) is 0 Å². The highest BCUT2D eigenvalue weighted by Gasteiger charge is 2.16. The Balaban J connectivity index is 2.03. The molecule has 5 nitrogen and oxygen atoms in total. The number of rotatable bonds is 8. The van der Waals surface area contributed by atoms with Gasteiger partial charge < -0.3 is 13.9 Å². The zero-order valence-corrected chi connectivity index (χ0v) is 14.4. The number of carbonyl (C=O) groups excluding carboxylic acids is 1. The van der Waals surface area contributed by atoms with Gasteiger partial charge in [0.05, 0.1) is 5.75 Å². The monoisotopic (exact) mass is 321 g/mol. The van der Waals surface area contributed by atoms with Crippen LogP contribution in [0.4, 0.5) is 0 Å².